The van der Waals surface area contributed by atoms with Gasteiger partial charge in [-0.1, -0.05) is 37.3 Å². The molecule has 1 aliphatic rings. The number of rotatable bonds is 3. The van der Waals surface area contributed by atoms with Gasteiger partial charge in [0.05, 0.1) is 6.61 Å². The standard InChI is InChI=1S/C20H25NO/c1-5-22-16-12-10-15(11-13-16)20(4)14-19(2,3)21-18-9-7-6-8-17(18)20/h6-13,21H,5,14H2,1-4H3/t20-/m0/s1. The lowest BCUT2D eigenvalue weighted by Crippen LogP contribution is -2.45. The molecule has 1 heterocycles. The van der Waals surface area contributed by atoms with Gasteiger partial charge in [0.1, 0.15) is 5.75 Å². The van der Waals surface area contributed by atoms with Gasteiger partial charge in [0.25, 0.3) is 0 Å². The Labute approximate surface area is 133 Å². The molecule has 0 fully saturated rings. The number of hydrogen-bond acceptors (Lipinski definition) is 2. The molecule has 3 rings (SSSR count). The molecule has 0 aliphatic carbocycles. The summed E-state index contributed by atoms with van der Waals surface area (Å²) < 4.78 is 5.58. The van der Waals surface area contributed by atoms with E-state index in [-0.39, 0.29) is 11.0 Å². The Bertz CT molecular complexity index is 660. The van der Waals surface area contributed by atoms with Crippen LogP contribution >= 0.6 is 0 Å². The summed E-state index contributed by atoms with van der Waals surface area (Å²) in [6.45, 7) is 9.62. The second kappa shape index (κ2) is 5.35. The zero-order valence-corrected chi connectivity index (χ0v) is 13.9. The Balaban J connectivity index is 2.07. The van der Waals surface area contributed by atoms with Crippen LogP contribution in [0.1, 0.15) is 45.2 Å². The zero-order valence-electron chi connectivity index (χ0n) is 13.9. The molecule has 2 aromatic carbocycles. The number of para-hydroxylation sites is 1. The second-order valence-corrected chi connectivity index (χ2v) is 7.02. The highest BCUT2D eigenvalue weighted by atomic mass is 16.5. The fourth-order valence-corrected chi connectivity index (χ4v) is 3.80. The Morgan fingerprint density at radius 2 is 1.68 bits per heavy atom. The highest BCUT2D eigenvalue weighted by molar-refractivity contribution is 5.62. The van der Waals surface area contributed by atoms with Crippen molar-refractivity contribution in [1.29, 1.82) is 0 Å². The molecule has 2 nitrogen and oxygen atoms in total. The molecule has 2 heteroatoms. The fraction of sp³-hybridized carbons (Fsp3) is 0.400. The first-order valence-corrected chi connectivity index (χ1v) is 8.06. The van der Waals surface area contributed by atoms with Crippen LogP contribution in [0.15, 0.2) is 48.5 Å². The van der Waals surface area contributed by atoms with Crippen LogP contribution in [0, 0.1) is 0 Å². The third kappa shape index (κ3) is 2.58. The third-order valence-corrected chi connectivity index (χ3v) is 4.59. The minimum absolute atomic E-state index is 0.0100. The summed E-state index contributed by atoms with van der Waals surface area (Å²) in [4.78, 5) is 0. The molecule has 22 heavy (non-hydrogen) atoms. The van der Waals surface area contributed by atoms with E-state index < -0.39 is 0 Å². The molecule has 0 saturated heterocycles. The SMILES string of the molecule is CCOc1ccc([C@]2(C)CC(C)(C)Nc3ccccc32)cc1. The third-order valence-electron chi connectivity index (χ3n) is 4.59. The maximum Gasteiger partial charge on any atom is 0.119 e. The van der Waals surface area contributed by atoms with E-state index in [1.807, 2.05) is 6.92 Å². The Kier molecular flexibility index (Phi) is 3.64. The first-order chi connectivity index (χ1) is 10.4. The van der Waals surface area contributed by atoms with Crippen LogP contribution in [0.4, 0.5) is 5.69 Å². The molecular weight excluding hydrogens is 270 g/mol. The first-order valence-electron chi connectivity index (χ1n) is 8.06. The molecule has 0 saturated carbocycles. The minimum Gasteiger partial charge on any atom is -0.494 e. The van der Waals surface area contributed by atoms with Gasteiger partial charge in [0, 0.05) is 16.6 Å². The van der Waals surface area contributed by atoms with Gasteiger partial charge in [-0.25, -0.2) is 0 Å². The topological polar surface area (TPSA) is 21.3 Å². The molecule has 0 unspecified atom stereocenters. The summed E-state index contributed by atoms with van der Waals surface area (Å²) in [6.07, 6.45) is 1.06. The van der Waals surface area contributed by atoms with Gasteiger partial charge in [-0.15, -0.1) is 0 Å². The fourth-order valence-electron chi connectivity index (χ4n) is 3.80. The van der Waals surface area contributed by atoms with Crippen molar-refractivity contribution in [3.05, 3.63) is 59.7 Å². The number of benzene rings is 2. The lowest BCUT2D eigenvalue weighted by Gasteiger charge is -2.45. The molecule has 0 bridgehead atoms. The van der Waals surface area contributed by atoms with Gasteiger partial charge in [-0.3, -0.25) is 0 Å². The van der Waals surface area contributed by atoms with Crippen molar-refractivity contribution in [1.82, 2.24) is 0 Å². The summed E-state index contributed by atoms with van der Waals surface area (Å²) >= 11 is 0. The van der Waals surface area contributed by atoms with Crippen molar-refractivity contribution in [3.63, 3.8) is 0 Å². The predicted molar refractivity (Wildman–Crippen MR) is 92.8 cm³/mol. The largest absolute Gasteiger partial charge is 0.494 e. The number of fused-ring (bicyclic) bond motifs is 1. The molecule has 2 aromatic rings. The highest BCUT2D eigenvalue weighted by Gasteiger charge is 2.41. The number of nitrogens with one attached hydrogen (secondary N) is 1. The Morgan fingerprint density at radius 1 is 1.00 bits per heavy atom. The van der Waals surface area contributed by atoms with E-state index in [1.165, 1.54) is 16.8 Å². The van der Waals surface area contributed by atoms with E-state index in [9.17, 15) is 0 Å². The molecule has 1 atom stereocenters. The number of hydrogen-bond donors (Lipinski definition) is 1. The average Bonchev–Trinajstić information content (AvgIpc) is 2.47. The van der Waals surface area contributed by atoms with E-state index >= 15 is 0 Å². The first kappa shape index (κ1) is 15.0. The maximum atomic E-state index is 5.58. The smallest absolute Gasteiger partial charge is 0.119 e. The number of anilines is 1. The van der Waals surface area contributed by atoms with Gasteiger partial charge >= 0.3 is 0 Å². The summed E-state index contributed by atoms with van der Waals surface area (Å²) in [5.41, 5.74) is 4.05. The van der Waals surface area contributed by atoms with E-state index in [4.69, 9.17) is 4.74 Å². The zero-order chi connectivity index (χ0) is 15.8. The van der Waals surface area contributed by atoms with Crippen molar-refractivity contribution in [2.45, 2.75) is 45.1 Å². The normalized spacial score (nSPS) is 22.5. The van der Waals surface area contributed by atoms with E-state index in [1.54, 1.807) is 0 Å². The predicted octanol–water partition coefficient (Wildman–Crippen LogP) is 4.99. The number of ether oxygens (including phenoxy) is 1. The molecule has 0 amide bonds. The van der Waals surface area contributed by atoms with Crippen LogP contribution in [0.25, 0.3) is 0 Å². The monoisotopic (exact) mass is 295 g/mol. The van der Waals surface area contributed by atoms with Crippen molar-refractivity contribution in [3.8, 4) is 5.75 Å². The van der Waals surface area contributed by atoms with Crippen LogP contribution in [0.5, 0.6) is 5.75 Å². The summed E-state index contributed by atoms with van der Waals surface area (Å²) in [5, 5.41) is 3.67. The summed E-state index contributed by atoms with van der Waals surface area (Å²) in [7, 11) is 0. The molecule has 0 spiro atoms. The lowest BCUT2D eigenvalue weighted by molar-refractivity contribution is 0.339. The summed E-state index contributed by atoms with van der Waals surface area (Å²) in [6, 6.07) is 17.3. The molecule has 116 valence electrons. The van der Waals surface area contributed by atoms with E-state index in [0.717, 1.165) is 12.2 Å². The van der Waals surface area contributed by atoms with Gasteiger partial charge in [0.2, 0.25) is 0 Å². The van der Waals surface area contributed by atoms with Crippen molar-refractivity contribution < 1.29 is 4.74 Å². The molecule has 1 N–H and O–H groups in total. The Hall–Kier alpha value is -1.96. The van der Waals surface area contributed by atoms with Crippen LogP contribution < -0.4 is 10.1 Å². The second-order valence-electron chi connectivity index (χ2n) is 7.02. The maximum absolute atomic E-state index is 5.58. The Morgan fingerprint density at radius 3 is 2.36 bits per heavy atom. The van der Waals surface area contributed by atoms with Gasteiger partial charge < -0.3 is 10.1 Å². The minimum atomic E-state index is 0.0100. The van der Waals surface area contributed by atoms with Crippen LogP contribution in [0.3, 0.4) is 0 Å². The van der Waals surface area contributed by atoms with E-state index in [0.29, 0.717) is 6.61 Å². The van der Waals surface area contributed by atoms with Gasteiger partial charge in [0.15, 0.2) is 0 Å². The van der Waals surface area contributed by atoms with Crippen molar-refractivity contribution in [2.75, 3.05) is 11.9 Å². The highest BCUT2D eigenvalue weighted by Crippen LogP contribution is 2.47. The summed E-state index contributed by atoms with van der Waals surface area (Å²) in [5.74, 6) is 0.941. The van der Waals surface area contributed by atoms with Crippen molar-refractivity contribution in [2.24, 2.45) is 0 Å². The lowest BCUT2D eigenvalue weighted by atomic mass is 9.66. The van der Waals surface area contributed by atoms with Crippen LogP contribution in [0.2, 0.25) is 0 Å². The quantitative estimate of drug-likeness (QED) is 0.861. The molecule has 0 radical (unpaired) electrons. The molecule has 0 aromatic heterocycles. The average molecular weight is 295 g/mol. The van der Waals surface area contributed by atoms with Crippen LogP contribution in [-0.4, -0.2) is 12.1 Å². The molecule has 1 aliphatic heterocycles. The van der Waals surface area contributed by atoms with Gasteiger partial charge in [-0.05, 0) is 56.5 Å². The van der Waals surface area contributed by atoms with Crippen molar-refractivity contribution >= 4 is 5.69 Å². The molecular formula is C20H25NO. The van der Waals surface area contributed by atoms with Crippen LogP contribution in [-0.2, 0) is 5.41 Å². The van der Waals surface area contributed by atoms with Gasteiger partial charge in [-0.2, -0.15) is 0 Å². The van der Waals surface area contributed by atoms with E-state index in [2.05, 4.69) is 74.6 Å².